The number of carbonyl (C=O) groups is 3. The fourth-order valence-electron chi connectivity index (χ4n) is 4.92. The maximum atomic E-state index is 12.7. The van der Waals surface area contributed by atoms with Crippen molar-refractivity contribution in [3.63, 3.8) is 0 Å². The Morgan fingerprint density at radius 2 is 2.00 bits per heavy atom. The monoisotopic (exact) mass is 335 g/mol. The van der Waals surface area contributed by atoms with E-state index in [2.05, 4.69) is 29.8 Å². The van der Waals surface area contributed by atoms with Gasteiger partial charge in [0.2, 0.25) is 5.91 Å². The largest absolute Gasteiger partial charge is 0.353 e. The molecule has 1 spiro atoms. The van der Waals surface area contributed by atoms with Crippen LogP contribution >= 0.6 is 0 Å². The molecule has 134 valence electrons. The van der Waals surface area contributed by atoms with Crippen molar-refractivity contribution in [3.05, 3.63) is 0 Å². The predicted molar refractivity (Wildman–Crippen MR) is 90.0 cm³/mol. The maximum Gasteiger partial charge on any atom is 0.322 e. The standard InChI is InChI=1S/C18H29N3O3/c1-10(2)5-4-6-11(3)19-15(22)13-7-12-8-14(13)18(9-12)16(23)20-17(24)21-18/h10-14H,4-9H2,1-3H3,(H,19,22)(H2,20,21,23,24)/t11?,12-,13+,14+,18?/m0/s1. The summed E-state index contributed by atoms with van der Waals surface area (Å²) in [7, 11) is 0. The molecule has 0 aromatic rings. The van der Waals surface area contributed by atoms with E-state index < -0.39 is 11.6 Å². The highest BCUT2D eigenvalue weighted by molar-refractivity contribution is 6.08. The fourth-order valence-corrected chi connectivity index (χ4v) is 4.92. The molecule has 1 heterocycles. The van der Waals surface area contributed by atoms with Crippen LogP contribution in [-0.2, 0) is 9.59 Å². The lowest BCUT2D eigenvalue weighted by Gasteiger charge is -2.35. The zero-order valence-corrected chi connectivity index (χ0v) is 14.9. The summed E-state index contributed by atoms with van der Waals surface area (Å²) in [4.78, 5) is 36.6. The molecule has 6 heteroatoms. The highest BCUT2D eigenvalue weighted by Gasteiger charge is 2.64. The molecule has 4 amide bonds. The summed E-state index contributed by atoms with van der Waals surface area (Å²) in [6, 6.07) is -0.271. The second kappa shape index (κ2) is 6.37. The Hall–Kier alpha value is -1.59. The van der Waals surface area contributed by atoms with Gasteiger partial charge in [-0.05, 0) is 44.4 Å². The zero-order chi connectivity index (χ0) is 17.5. The van der Waals surface area contributed by atoms with Crippen LogP contribution < -0.4 is 16.0 Å². The number of carbonyl (C=O) groups excluding carboxylic acids is 3. The third-order valence-electron chi connectivity index (χ3n) is 6.02. The molecule has 3 fully saturated rings. The molecular weight excluding hydrogens is 306 g/mol. The molecule has 24 heavy (non-hydrogen) atoms. The number of imide groups is 1. The summed E-state index contributed by atoms with van der Waals surface area (Å²) in [5.41, 5.74) is -0.844. The van der Waals surface area contributed by atoms with Gasteiger partial charge in [0.15, 0.2) is 0 Å². The van der Waals surface area contributed by atoms with Crippen molar-refractivity contribution < 1.29 is 14.4 Å². The normalized spacial score (nSPS) is 35.4. The Balaban J connectivity index is 1.58. The summed E-state index contributed by atoms with van der Waals surface area (Å²) in [5.74, 6) is 0.598. The lowest BCUT2D eigenvalue weighted by molar-refractivity contribution is -0.132. The van der Waals surface area contributed by atoms with Gasteiger partial charge in [-0.15, -0.1) is 0 Å². The van der Waals surface area contributed by atoms with Crippen molar-refractivity contribution in [2.24, 2.45) is 23.7 Å². The van der Waals surface area contributed by atoms with Crippen molar-refractivity contribution in [2.45, 2.75) is 70.9 Å². The summed E-state index contributed by atoms with van der Waals surface area (Å²) in [6.07, 6.45) is 5.62. The second-order valence-electron chi connectivity index (χ2n) is 8.37. The van der Waals surface area contributed by atoms with E-state index in [4.69, 9.17) is 0 Å². The summed E-state index contributed by atoms with van der Waals surface area (Å²) < 4.78 is 0. The lowest BCUT2D eigenvalue weighted by atomic mass is 9.74. The third-order valence-corrected chi connectivity index (χ3v) is 6.02. The fraction of sp³-hybridized carbons (Fsp3) is 0.833. The first-order valence-electron chi connectivity index (χ1n) is 9.26. The van der Waals surface area contributed by atoms with Crippen LogP contribution in [0.1, 0.15) is 59.3 Å². The average molecular weight is 335 g/mol. The van der Waals surface area contributed by atoms with Crippen molar-refractivity contribution in [1.82, 2.24) is 16.0 Å². The Kier molecular flexibility index (Phi) is 4.58. The number of urea groups is 1. The van der Waals surface area contributed by atoms with E-state index in [-0.39, 0.29) is 29.7 Å². The average Bonchev–Trinajstić information content (AvgIpc) is 3.11. The van der Waals surface area contributed by atoms with E-state index in [0.717, 1.165) is 25.7 Å². The van der Waals surface area contributed by atoms with Crippen LogP contribution in [0.15, 0.2) is 0 Å². The number of rotatable bonds is 6. The summed E-state index contributed by atoms with van der Waals surface area (Å²) in [5, 5.41) is 8.30. The minimum Gasteiger partial charge on any atom is -0.353 e. The molecule has 1 saturated heterocycles. The van der Waals surface area contributed by atoms with E-state index >= 15 is 0 Å². The molecule has 2 bridgehead atoms. The number of fused-ring (bicyclic) bond motifs is 3. The molecule has 0 aromatic heterocycles. The van der Waals surface area contributed by atoms with Crippen molar-refractivity contribution >= 4 is 17.8 Å². The highest BCUT2D eigenvalue weighted by atomic mass is 16.2. The molecule has 2 saturated carbocycles. The molecule has 3 aliphatic rings. The summed E-state index contributed by atoms with van der Waals surface area (Å²) >= 11 is 0. The first kappa shape index (κ1) is 17.2. The van der Waals surface area contributed by atoms with Crippen molar-refractivity contribution in [2.75, 3.05) is 0 Å². The Morgan fingerprint density at radius 1 is 1.25 bits per heavy atom. The van der Waals surface area contributed by atoms with E-state index in [9.17, 15) is 14.4 Å². The Labute approximate surface area is 143 Å². The van der Waals surface area contributed by atoms with E-state index in [1.807, 2.05) is 6.92 Å². The minimum absolute atomic E-state index is 0.0487. The number of nitrogens with one attached hydrogen (secondary N) is 3. The van der Waals surface area contributed by atoms with Gasteiger partial charge in [-0.25, -0.2) is 4.79 Å². The van der Waals surface area contributed by atoms with Gasteiger partial charge in [0.1, 0.15) is 5.54 Å². The van der Waals surface area contributed by atoms with Crippen molar-refractivity contribution in [1.29, 1.82) is 0 Å². The molecule has 0 aromatic carbocycles. The van der Waals surface area contributed by atoms with Gasteiger partial charge < -0.3 is 10.6 Å². The molecule has 3 N–H and O–H groups in total. The van der Waals surface area contributed by atoms with Gasteiger partial charge in [-0.1, -0.05) is 26.7 Å². The van der Waals surface area contributed by atoms with E-state index in [0.29, 0.717) is 18.3 Å². The van der Waals surface area contributed by atoms with Gasteiger partial charge >= 0.3 is 6.03 Å². The predicted octanol–water partition coefficient (Wildman–Crippen LogP) is 1.94. The Morgan fingerprint density at radius 3 is 2.58 bits per heavy atom. The highest BCUT2D eigenvalue weighted by Crippen LogP contribution is 2.55. The van der Waals surface area contributed by atoms with E-state index in [1.165, 1.54) is 6.42 Å². The van der Waals surface area contributed by atoms with Crippen LogP contribution in [0.4, 0.5) is 4.79 Å². The molecule has 0 radical (unpaired) electrons. The summed E-state index contributed by atoms with van der Waals surface area (Å²) in [6.45, 7) is 6.46. The molecule has 1 aliphatic heterocycles. The topological polar surface area (TPSA) is 87.3 Å². The van der Waals surface area contributed by atoms with Gasteiger partial charge in [-0.2, -0.15) is 0 Å². The molecular formula is C18H29N3O3. The van der Waals surface area contributed by atoms with Crippen LogP contribution in [0.25, 0.3) is 0 Å². The number of hydrogen-bond acceptors (Lipinski definition) is 3. The van der Waals surface area contributed by atoms with Crippen LogP contribution in [0.2, 0.25) is 0 Å². The second-order valence-corrected chi connectivity index (χ2v) is 8.37. The van der Waals surface area contributed by atoms with Gasteiger partial charge in [0.25, 0.3) is 5.91 Å². The quantitative estimate of drug-likeness (QED) is 0.648. The smallest absolute Gasteiger partial charge is 0.322 e. The molecule has 5 atom stereocenters. The molecule has 6 nitrogen and oxygen atoms in total. The van der Waals surface area contributed by atoms with E-state index in [1.54, 1.807) is 0 Å². The first-order chi connectivity index (χ1) is 11.3. The van der Waals surface area contributed by atoms with Gasteiger partial charge in [0, 0.05) is 17.9 Å². The first-order valence-corrected chi connectivity index (χ1v) is 9.26. The minimum atomic E-state index is -0.844. The third kappa shape index (κ3) is 3.03. The maximum absolute atomic E-state index is 12.7. The van der Waals surface area contributed by atoms with Crippen LogP contribution in [-0.4, -0.2) is 29.4 Å². The van der Waals surface area contributed by atoms with Gasteiger partial charge in [-0.3, -0.25) is 14.9 Å². The number of amides is 4. The van der Waals surface area contributed by atoms with Crippen LogP contribution in [0.3, 0.4) is 0 Å². The molecule has 3 rings (SSSR count). The zero-order valence-electron chi connectivity index (χ0n) is 14.9. The van der Waals surface area contributed by atoms with Crippen LogP contribution in [0.5, 0.6) is 0 Å². The van der Waals surface area contributed by atoms with Crippen molar-refractivity contribution in [3.8, 4) is 0 Å². The SMILES string of the molecule is CC(C)CCCC(C)NC(=O)[C@@H]1C[C@H]2C[C@H]1C1(C2)NC(=O)NC1=O. The number of hydrogen-bond donors (Lipinski definition) is 3. The molecule has 2 unspecified atom stereocenters. The van der Waals surface area contributed by atoms with Gasteiger partial charge in [0.05, 0.1) is 0 Å². The Bertz CT molecular complexity index is 548. The van der Waals surface area contributed by atoms with Crippen LogP contribution in [0, 0.1) is 23.7 Å². The lowest BCUT2D eigenvalue weighted by Crippen LogP contribution is -2.56. The molecule has 2 aliphatic carbocycles.